The van der Waals surface area contributed by atoms with E-state index in [1.165, 1.54) is 5.56 Å². The zero-order chi connectivity index (χ0) is 19.7. The predicted molar refractivity (Wildman–Crippen MR) is 95.1 cm³/mol. The number of aliphatic carboxylic acids is 1. The number of likely N-dealkylation sites (tertiary alicyclic amines) is 1. The zero-order valence-corrected chi connectivity index (χ0v) is 15.8. The molecule has 0 aromatic heterocycles. The lowest BCUT2D eigenvalue weighted by atomic mass is 9.86. The predicted octanol–water partition coefficient (Wildman–Crippen LogP) is 4.36. The van der Waals surface area contributed by atoms with Crippen LogP contribution in [0.15, 0.2) is 24.3 Å². The molecular formula is C20H28F3NO2. The Morgan fingerprint density at radius 2 is 1.77 bits per heavy atom. The molecule has 0 saturated carbocycles. The number of alkyl halides is 3. The van der Waals surface area contributed by atoms with Crippen molar-refractivity contribution in [2.24, 2.45) is 17.8 Å². The number of nitrogens with zero attached hydrogens (tertiary/aromatic N) is 1. The van der Waals surface area contributed by atoms with Crippen LogP contribution in [0.4, 0.5) is 13.2 Å². The van der Waals surface area contributed by atoms with Crippen molar-refractivity contribution in [1.82, 2.24) is 4.90 Å². The van der Waals surface area contributed by atoms with E-state index in [9.17, 15) is 18.0 Å². The summed E-state index contributed by atoms with van der Waals surface area (Å²) in [7, 11) is 0. The topological polar surface area (TPSA) is 40.5 Å². The van der Waals surface area contributed by atoms with Crippen molar-refractivity contribution in [3.05, 3.63) is 35.4 Å². The molecule has 1 aromatic rings. The van der Waals surface area contributed by atoms with Crippen LogP contribution in [0.1, 0.15) is 38.8 Å². The monoisotopic (exact) mass is 371 g/mol. The molecule has 0 spiro atoms. The fourth-order valence-corrected chi connectivity index (χ4v) is 3.66. The highest BCUT2D eigenvalue weighted by Crippen LogP contribution is 2.38. The standard InChI is InChI=1S/C20H28F3NO2/c1-13(9-14-5-7-15(8-6-14)19(2,3)4)10-24-11-16(18(25)26)17(12-24)20(21,22)23/h5-8,13,16-17H,9-12H2,1-4H3,(H,25,26)/t13?,16-,17-/m1/s1. The van der Waals surface area contributed by atoms with E-state index in [1.807, 2.05) is 6.92 Å². The van der Waals surface area contributed by atoms with Crippen LogP contribution < -0.4 is 0 Å². The molecule has 1 N–H and O–H groups in total. The molecule has 1 aromatic carbocycles. The molecule has 1 fully saturated rings. The van der Waals surface area contributed by atoms with E-state index >= 15 is 0 Å². The summed E-state index contributed by atoms with van der Waals surface area (Å²) >= 11 is 0. The van der Waals surface area contributed by atoms with Gasteiger partial charge in [0.2, 0.25) is 0 Å². The normalized spacial score (nSPS) is 23.2. The van der Waals surface area contributed by atoms with Crippen LogP contribution in [0.3, 0.4) is 0 Å². The summed E-state index contributed by atoms with van der Waals surface area (Å²) in [5.74, 6) is -4.36. The lowest BCUT2D eigenvalue weighted by Gasteiger charge is -2.22. The Labute approximate surface area is 153 Å². The average molecular weight is 371 g/mol. The first kappa shape index (κ1) is 20.7. The highest BCUT2D eigenvalue weighted by Gasteiger charge is 2.52. The Balaban J connectivity index is 1.95. The van der Waals surface area contributed by atoms with Gasteiger partial charge >= 0.3 is 12.1 Å². The maximum absolute atomic E-state index is 13.1. The second-order valence-corrected chi connectivity index (χ2v) is 8.57. The molecule has 0 radical (unpaired) electrons. The molecular weight excluding hydrogens is 343 g/mol. The van der Waals surface area contributed by atoms with E-state index in [1.54, 1.807) is 4.90 Å². The fourth-order valence-electron chi connectivity index (χ4n) is 3.66. The fraction of sp³-hybridized carbons (Fsp3) is 0.650. The van der Waals surface area contributed by atoms with Crippen LogP contribution in [0.25, 0.3) is 0 Å². The highest BCUT2D eigenvalue weighted by molar-refractivity contribution is 5.71. The third-order valence-corrected chi connectivity index (χ3v) is 5.11. The molecule has 0 bridgehead atoms. The van der Waals surface area contributed by atoms with Crippen LogP contribution in [0.5, 0.6) is 0 Å². The van der Waals surface area contributed by atoms with Crippen LogP contribution in [-0.4, -0.2) is 41.8 Å². The molecule has 3 atom stereocenters. The van der Waals surface area contributed by atoms with Gasteiger partial charge in [-0.3, -0.25) is 4.79 Å². The Morgan fingerprint density at radius 3 is 2.19 bits per heavy atom. The average Bonchev–Trinajstić information content (AvgIpc) is 2.91. The molecule has 1 heterocycles. The number of halogens is 3. The maximum atomic E-state index is 13.1. The van der Waals surface area contributed by atoms with Gasteiger partial charge in [-0.2, -0.15) is 13.2 Å². The third kappa shape index (κ3) is 5.22. The second kappa shape index (κ2) is 7.59. The summed E-state index contributed by atoms with van der Waals surface area (Å²) < 4.78 is 39.2. The molecule has 1 aliphatic heterocycles. The second-order valence-electron chi connectivity index (χ2n) is 8.57. The molecule has 0 aliphatic carbocycles. The molecule has 3 nitrogen and oxygen atoms in total. The van der Waals surface area contributed by atoms with E-state index < -0.39 is 24.0 Å². The number of carboxylic acids is 1. The van der Waals surface area contributed by atoms with Crippen molar-refractivity contribution in [3.63, 3.8) is 0 Å². The number of hydrogen-bond donors (Lipinski definition) is 1. The van der Waals surface area contributed by atoms with E-state index in [-0.39, 0.29) is 24.4 Å². The molecule has 2 rings (SSSR count). The Bertz CT molecular complexity index is 619. The Hall–Kier alpha value is -1.56. The molecule has 1 aliphatic rings. The van der Waals surface area contributed by atoms with E-state index in [2.05, 4.69) is 45.0 Å². The van der Waals surface area contributed by atoms with Crippen LogP contribution in [0, 0.1) is 17.8 Å². The Kier molecular flexibility index (Phi) is 6.06. The molecule has 1 unspecified atom stereocenters. The molecule has 0 amide bonds. The zero-order valence-electron chi connectivity index (χ0n) is 15.8. The van der Waals surface area contributed by atoms with Gasteiger partial charge in [0.1, 0.15) is 0 Å². The maximum Gasteiger partial charge on any atom is 0.393 e. The first-order valence-corrected chi connectivity index (χ1v) is 8.99. The van der Waals surface area contributed by atoms with Gasteiger partial charge in [-0.25, -0.2) is 0 Å². The quantitative estimate of drug-likeness (QED) is 0.836. The number of carboxylic acid groups (broad SMARTS) is 1. The summed E-state index contributed by atoms with van der Waals surface area (Å²) in [6.45, 7) is 8.64. The third-order valence-electron chi connectivity index (χ3n) is 5.11. The van der Waals surface area contributed by atoms with Gasteiger partial charge in [0.05, 0.1) is 11.8 Å². The number of rotatable bonds is 5. The summed E-state index contributed by atoms with van der Waals surface area (Å²) in [5.41, 5.74) is 2.47. The number of hydrogen-bond acceptors (Lipinski definition) is 2. The molecule has 1 saturated heterocycles. The first-order valence-electron chi connectivity index (χ1n) is 8.99. The van der Waals surface area contributed by atoms with Gasteiger partial charge in [-0.15, -0.1) is 0 Å². The summed E-state index contributed by atoms with van der Waals surface area (Å²) in [4.78, 5) is 12.8. The lowest BCUT2D eigenvalue weighted by molar-refractivity contribution is -0.188. The van der Waals surface area contributed by atoms with Gasteiger partial charge < -0.3 is 10.0 Å². The minimum Gasteiger partial charge on any atom is -0.481 e. The van der Waals surface area contributed by atoms with Crippen molar-refractivity contribution in [3.8, 4) is 0 Å². The first-order chi connectivity index (χ1) is 11.9. The van der Waals surface area contributed by atoms with Crippen LogP contribution in [-0.2, 0) is 16.6 Å². The lowest BCUT2D eigenvalue weighted by Crippen LogP contribution is -2.33. The smallest absolute Gasteiger partial charge is 0.393 e. The van der Waals surface area contributed by atoms with Crippen molar-refractivity contribution in [2.45, 2.75) is 45.7 Å². The largest absolute Gasteiger partial charge is 0.481 e. The van der Waals surface area contributed by atoms with Crippen molar-refractivity contribution >= 4 is 5.97 Å². The van der Waals surface area contributed by atoms with Gasteiger partial charge in [-0.1, -0.05) is 52.0 Å². The van der Waals surface area contributed by atoms with Crippen LogP contribution >= 0.6 is 0 Å². The van der Waals surface area contributed by atoms with Crippen molar-refractivity contribution in [2.75, 3.05) is 19.6 Å². The van der Waals surface area contributed by atoms with Crippen molar-refractivity contribution in [1.29, 1.82) is 0 Å². The molecule has 6 heteroatoms. The SMILES string of the molecule is CC(Cc1ccc(C(C)(C)C)cc1)CN1C[C@@H](C(F)(F)F)[C@H](C(=O)O)C1. The van der Waals surface area contributed by atoms with Gasteiger partial charge in [0, 0.05) is 19.6 Å². The van der Waals surface area contributed by atoms with E-state index in [0.717, 1.165) is 12.0 Å². The van der Waals surface area contributed by atoms with Gasteiger partial charge in [0.25, 0.3) is 0 Å². The minimum absolute atomic E-state index is 0.0349. The molecule has 26 heavy (non-hydrogen) atoms. The summed E-state index contributed by atoms with van der Waals surface area (Å²) in [5, 5.41) is 9.10. The van der Waals surface area contributed by atoms with Gasteiger partial charge in [0.15, 0.2) is 0 Å². The van der Waals surface area contributed by atoms with Gasteiger partial charge in [-0.05, 0) is 28.9 Å². The molecule has 146 valence electrons. The van der Waals surface area contributed by atoms with E-state index in [0.29, 0.717) is 6.54 Å². The Morgan fingerprint density at radius 1 is 1.19 bits per heavy atom. The minimum atomic E-state index is -4.47. The van der Waals surface area contributed by atoms with Crippen molar-refractivity contribution < 1.29 is 23.1 Å². The van der Waals surface area contributed by atoms with E-state index in [4.69, 9.17) is 5.11 Å². The summed E-state index contributed by atoms with van der Waals surface area (Å²) in [6.07, 6.45) is -3.71. The van der Waals surface area contributed by atoms with Crippen LogP contribution in [0.2, 0.25) is 0 Å². The number of carbonyl (C=O) groups is 1. The summed E-state index contributed by atoms with van der Waals surface area (Å²) in [6, 6.07) is 8.33. The highest BCUT2D eigenvalue weighted by atomic mass is 19.4. The number of benzene rings is 1.